The number of ether oxygens (including phenoxy) is 1. The molecule has 128 valence electrons. The molecule has 0 aliphatic carbocycles. The topological polar surface area (TPSA) is 53.0 Å². The van der Waals surface area contributed by atoms with Crippen LogP contribution in [0.3, 0.4) is 0 Å². The van der Waals surface area contributed by atoms with Gasteiger partial charge < -0.3 is 14.7 Å². The number of methoxy groups -OCH3 is 1. The SMILES string of the molecule is COc1ccsc1C(=O)N1CCN(C[C@@H](O)c2ccccc2)CC1. The summed E-state index contributed by atoms with van der Waals surface area (Å²) in [6.45, 7) is 3.46. The fourth-order valence-electron chi connectivity index (χ4n) is 2.92. The number of aliphatic hydroxyl groups is 1. The van der Waals surface area contributed by atoms with Crippen LogP contribution in [0.25, 0.3) is 0 Å². The molecule has 1 amide bonds. The zero-order valence-electron chi connectivity index (χ0n) is 13.7. The van der Waals surface area contributed by atoms with E-state index in [2.05, 4.69) is 4.90 Å². The van der Waals surface area contributed by atoms with Gasteiger partial charge in [-0.3, -0.25) is 9.69 Å². The van der Waals surface area contributed by atoms with Crippen molar-refractivity contribution in [3.8, 4) is 5.75 Å². The van der Waals surface area contributed by atoms with Gasteiger partial charge in [0.1, 0.15) is 10.6 Å². The highest BCUT2D eigenvalue weighted by Gasteiger charge is 2.26. The Morgan fingerprint density at radius 3 is 2.58 bits per heavy atom. The normalized spacial score (nSPS) is 16.8. The third kappa shape index (κ3) is 3.77. The predicted molar refractivity (Wildman–Crippen MR) is 94.6 cm³/mol. The molecule has 1 aliphatic rings. The monoisotopic (exact) mass is 346 g/mol. The number of aliphatic hydroxyl groups excluding tert-OH is 1. The number of benzene rings is 1. The van der Waals surface area contributed by atoms with Crippen molar-refractivity contribution in [3.63, 3.8) is 0 Å². The van der Waals surface area contributed by atoms with E-state index in [0.717, 1.165) is 18.7 Å². The van der Waals surface area contributed by atoms with E-state index in [-0.39, 0.29) is 5.91 Å². The number of hydrogen-bond acceptors (Lipinski definition) is 5. The molecule has 24 heavy (non-hydrogen) atoms. The van der Waals surface area contributed by atoms with Crippen molar-refractivity contribution in [3.05, 3.63) is 52.2 Å². The second kappa shape index (κ2) is 7.79. The Kier molecular flexibility index (Phi) is 5.50. The minimum atomic E-state index is -0.495. The van der Waals surface area contributed by atoms with Crippen LogP contribution in [0.2, 0.25) is 0 Å². The number of piperazine rings is 1. The number of hydrogen-bond donors (Lipinski definition) is 1. The summed E-state index contributed by atoms with van der Waals surface area (Å²) in [5.41, 5.74) is 0.930. The summed E-state index contributed by atoms with van der Waals surface area (Å²) in [5.74, 6) is 0.678. The highest BCUT2D eigenvalue weighted by Crippen LogP contribution is 2.26. The van der Waals surface area contributed by atoms with Gasteiger partial charge >= 0.3 is 0 Å². The number of β-amino-alcohol motifs (C(OH)–C–C–N with tert-alkyl or cyclic N) is 1. The maximum atomic E-state index is 12.6. The molecule has 0 radical (unpaired) electrons. The molecule has 1 N–H and O–H groups in total. The predicted octanol–water partition coefficient (Wildman–Crippen LogP) is 2.25. The van der Waals surface area contributed by atoms with E-state index >= 15 is 0 Å². The van der Waals surface area contributed by atoms with E-state index in [1.165, 1.54) is 11.3 Å². The van der Waals surface area contributed by atoms with Gasteiger partial charge in [-0.05, 0) is 17.0 Å². The van der Waals surface area contributed by atoms with Gasteiger partial charge in [-0.15, -0.1) is 11.3 Å². The van der Waals surface area contributed by atoms with Crippen molar-refractivity contribution in [1.29, 1.82) is 0 Å². The highest BCUT2D eigenvalue weighted by atomic mass is 32.1. The van der Waals surface area contributed by atoms with Crippen LogP contribution < -0.4 is 4.74 Å². The van der Waals surface area contributed by atoms with Gasteiger partial charge in [-0.25, -0.2) is 0 Å². The smallest absolute Gasteiger partial charge is 0.267 e. The first-order chi connectivity index (χ1) is 11.7. The molecule has 1 aliphatic heterocycles. The van der Waals surface area contributed by atoms with Gasteiger partial charge in [0.05, 0.1) is 13.2 Å². The van der Waals surface area contributed by atoms with Gasteiger partial charge in [0.2, 0.25) is 0 Å². The number of thiophene rings is 1. The summed E-state index contributed by atoms with van der Waals surface area (Å²) in [6.07, 6.45) is -0.495. The van der Waals surface area contributed by atoms with Gasteiger partial charge in [-0.2, -0.15) is 0 Å². The lowest BCUT2D eigenvalue weighted by molar-refractivity contribution is 0.0529. The number of carbonyl (C=O) groups is 1. The maximum Gasteiger partial charge on any atom is 0.267 e. The van der Waals surface area contributed by atoms with Crippen LogP contribution in [0.5, 0.6) is 5.75 Å². The first-order valence-electron chi connectivity index (χ1n) is 8.05. The summed E-state index contributed by atoms with van der Waals surface area (Å²) in [5, 5.41) is 12.2. The lowest BCUT2D eigenvalue weighted by Gasteiger charge is -2.35. The van der Waals surface area contributed by atoms with E-state index in [9.17, 15) is 9.90 Å². The van der Waals surface area contributed by atoms with Crippen molar-refractivity contribution in [2.24, 2.45) is 0 Å². The van der Waals surface area contributed by atoms with E-state index < -0.39 is 6.10 Å². The number of rotatable bonds is 5. The first kappa shape index (κ1) is 17.0. The Morgan fingerprint density at radius 2 is 1.92 bits per heavy atom. The minimum Gasteiger partial charge on any atom is -0.495 e. The molecule has 3 rings (SSSR count). The Labute approximate surface area is 146 Å². The lowest BCUT2D eigenvalue weighted by Crippen LogP contribution is -2.49. The molecule has 2 aromatic rings. The van der Waals surface area contributed by atoms with Gasteiger partial charge in [0.15, 0.2) is 0 Å². The lowest BCUT2D eigenvalue weighted by atomic mass is 10.1. The second-order valence-electron chi connectivity index (χ2n) is 5.84. The summed E-state index contributed by atoms with van der Waals surface area (Å²) in [6, 6.07) is 11.5. The van der Waals surface area contributed by atoms with Crippen molar-refractivity contribution in [2.75, 3.05) is 39.8 Å². The van der Waals surface area contributed by atoms with Crippen molar-refractivity contribution >= 4 is 17.2 Å². The molecule has 1 atom stereocenters. The van der Waals surface area contributed by atoms with Gasteiger partial charge in [0, 0.05) is 32.7 Å². The summed E-state index contributed by atoms with van der Waals surface area (Å²) in [4.78, 5) is 17.3. The van der Waals surface area contributed by atoms with Crippen LogP contribution >= 0.6 is 11.3 Å². The van der Waals surface area contributed by atoms with Crippen LogP contribution in [-0.2, 0) is 0 Å². The van der Waals surface area contributed by atoms with Crippen LogP contribution in [-0.4, -0.2) is 60.6 Å². The fraction of sp³-hybridized carbons (Fsp3) is 0.389. The summed E-state index contributed by atoms with van der Waals surface area (Å²) >= 11 is 1.41. The zero-order valence-corrected chi connectivity index (χ0v) is 14.5. The first-order valence-corrected chi connectivity index (χ1v) is 8.93. The number of amides is 1. The Morgan fingerprint density at radius 1 is 1.21 bits per heavy atom. The maximum absolute atomic E-state index is 12.6. The largest absolute Gasteiger partial charge is 0.495 e. The van der Waals surface area contributed by atoms with Gasteiger partial charge in [0.25, 0.3) is 5.91 Å². The van der Waals surface area contributed by atoms with Crippen LogP contribution in [0.15, 0.2) is 41.8 Å². The minimum absolute atomic E-state index is 0.0325. The van der Waals surface area contributed by atoms with E-state index in [1.54, 1.807) is 7.11 Å². The molecule has 1 aromatic carbocycles. The Bertz CT molecular complexity index is 666. The van der Waals surface area contributed by atoms with Crippen LogP contribution in [0.1, 0.15) is 21.3 Å². The Balaban J connectivity index is 1.53. The molecule has 0 saturated carbocycles. The molecule has 2 heterocycles. The summed E-state index contributed by atoms with van der Waals surface area (Å²) in [7, 11) is 1.59. The molecule has 1 aromatic heterocycles. The third-order valence-corrected chi connectivity index (χ3v) is 5.20. The Hall–Kier alpha value is -1.89. The third-order valence-electron chi connectivity index (χ3n) is 4.32. The molecule has 0 unspecified atom stereocenters. The average Bonchev–Trinajstić information content (AvgIpc) is 3.11. The van der Waals surface area contributed by atoms with E-state index in [4.69, 9.17) is 4.74 Å². The fourth-order valence-corrected chi connectivity index (χ4v) is 3.74. The van der Waals surface area contributed by atoms with Crippen molar-refractivity contribution in [1.82, 2.24) is 9.80 Å². The molecular formula is C18H22N2O3S. The standard InChI is InChI=1S/C18H22N2O3S/c1-23-16-7-12-24-17(16)18(22)20-10-8-19(9-11-20)13-15(21)14-5-3-2-4-6-14/h2-7,12,15,21H,8-11,13H2,1H3/t15-/m1/s1. The highest BCUT2D eigenvalue weighted by molar-refractivity contribution is 7.12. The molecule has 5 nitrogen and oxygen atoms in total. The van der Waals surface area contributed by atoms with E-state index in [1.807, 2.05) is 46.7 Å². The number of nitrogens with zero attached hydrogens (tertiary/aromatic N) is 2. The van der Waals surface area contributed by atoms with Crippen molar-refractivity contribution < 1.29 is 14.6 Å². The second-order valence-corrected chi connectivity index (χ2v) is 6.75. The van der Waals surface area contributed by atoms with Gasteiger partial charge in [-0.1, -0.05) is 30.3 Å². The van der Waals surface area contributed by atoms with Crippen LogP contribution in [0.4, 0.5) is 0 Å². The quantitative estimate of drug-likeness (QED) is 0.902. The molecule has 6 heteroatoms. The summed E-state index contributed by atoms with van der Waals surface area (Å²) < 4.78 is 5.24. The van der Waals surface area contributed by atoms with Crippen molar-refractivity contribution in [2.45, 2.75) is 6.10 Å². The molecular weight excluding hydrogens is 324 g/mol. The molecule has 1 fully saturated rings. The van der Waals surface area contributed by atoms with E-state index in [0.29, 0.717) is 30.3 Å². The van der Waals surface area contributed by atoms with Crippen LogP contribution in [0, 0.1) is 0 Å². The molecule has 0 bridgehead atoms. The zero-order chi connectivity index (χ0) is 16.9. The number of carbonyl (C=O) groups excluding carboxylic acids is 1. The molecule has 1 saturated heterocycles. The average molecular weight is 346 g/mol. The molecule has 0 spiro atoms.